The molecule has 1 fully saturated rings. The molecule has 2 heterocycles. The summed E-state index contributed by atoms with van der Waals surface area (Å²) in [6, 6.07) is 15.4. The first kappa shape index (κ1) is 21.2. The third-order valence-electron chi connectivity index (χ3n) is 4.80. The Morgan fingerprint density at radius 1 is 1.16 bits per heavy atom. The summed E-state index contributed by atoms with van der Waals surface area (Å²) in [6.07, 6.45) is 2.65. The van der Waals surface area contributed by atoms with Gasteiger partial charge in [0.05, 0.1) is 10.2 Å². The lowest BCUT2D eigenvalue weighted by Crippen LogP contribution is -2.49. The van der Waals surface area contributed by atoms with Crippen LogP contribution in [-0.4, -0.2) is 40.4 Å². The van der Waals surface area contributed by atoms with Crippen molar-refractivity contribution in [1.29, 1.82) is 0 Å². The first-order chi connectivity index (χ1) is 15.4. The maximum absolute atomic E-state index is 12.7. The van der Waals surface area contributed by atoms with E-state index in [1.54, 1.807) is 37.3 Å². The van der Waals surface area contributed by atoms with E-state index in [0.717, 1.165) is 16.3 Å². The van der Waals surface area contributed by atoms with Crippen LogP contribution >= 0.6 is 11.3 Å². The molecule has 1 aliphatic heterocycles. The van der Waals surface area contributed by atoms with E-state index in [1.807, 2.05) is 24.3 Å². The van der Waals surface area contributed by atoms with Crippen molar-refractivity contribution in [3.8, 4) is 0 Å². The van der Waals surface area contributed by atoms with Crippen molar-refractivity contribution in [2.75, 3.05) is 6.61 Å². The summed E-state index contributed by atoms with van der Waals surface area (Å²) in [5.41, 5.74) is 2.25. The number of rotatable bonds is 6. The largest absolute Gasteiger partial charge is 0.452 e. The standard InChI is InChI=1S/C22H18N4O5S/c1-22(14-7-3-2-4-8-14)20(29)26(21(30)24-22)25-17(27)13-31-19(28)12-11-18-23-15-9-5-6-10-16(15)32-18/h2-12H,13H2,1H3,(H,24,30)(H,25,27)/b12-11+. The molecule has 0 aliphatic carbocycles. The molecule has 1 atom stereocenters. The lowest BCUT2D eigenvalue weighted by atomic mass is 9.92. The van der Waals surface area contributed by atoms with E-state index in [-0.39, 0.29) is 0 Å². The molecule has 2 aromatic carbocycles. The van der Waals surface area contributed by atoms with Crippen molar-refractivity contribution < 1.29 is 23.9 Å². The molecule has 1 saturated heterocycles. The van der Waals surface area contributed by atoms with Crippen LogP contribution in [0.4, 0.5) is 4.79 Å². The highest BCUT2D eigenvalue weighted by Crippen LogP contribution is 2.27. The topological polar surface area (TPSA) is 118 Å². The third-order valence-corrected chi connectivity index (χ3v) is 5.80. The summed E-state index contributed by atoms with van der Waals surface area (Å²) in [4.78, 5) is 53.4. The number of para-hydroxylation sites is 1. The lowest BCUT2D eigenvalue weighted by Gasteiger charge is -2.22. The second-order valence-electron chi connectivity index (χ2n) is 7.06. The highest BCUT2D eigenvalue weighted by molar-refractivity contribution is 7.19. The first-order valence-corrected chi connectivity index (χ1v) is 10.4. The van der Waals surface area contributed by atoms with Crippen molar-refractivity contribution in [2.24, 2.45) is 0 Å². The highest BCUT2D eigenvalue weighted by atomic mass is 32.1. The van der Waals surface area contributed by atoms with E-state index in [1.165, 1.54) is 17.4 Å². The van der Waals surface area contributed by atoms with Gasteiger partial charge in [-0.1, -0.05) is 42.5 Å². The molecule has 1 unspecified atom stereocenters. The molecule has 162 valence electrons. The molecule has 10 heteroatoms. The zero-order chi connectivity index (χ0) is 22.7. The van der Waals surface area contributed by atoms with Gasteiger partial charge >= 0.3 is 12.0 Å². The number of benzene rings is 2. The quantitative estimate of drug-likeness (QED) is 0.338. The summed E-state index contributed by atoms with van der Waals surface area (Å²) in [7, 11) is 0. The Hall–Kier alpha value is -4.05. The van der Waals surface area contributed by atoms with E-state index < -0.39 is 36.0 Å². The number of hydrogen-bond acceptors (Lipinski definition) is 7. The lowest BCUT2D eigenvalue weighted by molar-refractivity contribution is -0.147. The average Bonchev–Trinajstić information content (AvgIpc) is 3.31. The molecule has 1 aliphatic rings. The molecule has 0 saturated carbocycles. The monoisotopic (exact) mass is 450 g/mol. The maximum Gasteiger partial charge on any atom is 0.344 e. The number of amides is 4. The van der Waals surface area contributed by atoms with Crippen LogP contribution in [0.15, 0.2) is 60.7 Å². The normalized spacial score (nSPS) is 18.2. The van der Waals surface area contributed by atoms with Crippen molar-refractivity contribution in [3.05, 3.63) is 71.2 Å². The van der Waals surface area contributed by atoms with Crippen molar-refractivity contribution in [2.45, 2.75) is 12.5 Å². The maximum atomic E-state index is 12.7. The minimum absolute atomic E-state index is 0.571. The first-order valence-electron chi connectivity index (χ1n) is 9.59. The Balaban J connectivity index is 1.32. The average molecular weight is 450 g/mol. The number of thiazole rings is 1. The van der Waals surface area contributed by atoms with Crippen LogP contribution in [0.2, 0.25) is 0 Å². The molecule has 0 spiro atoms. The predicted octanol–water partition coefficient (Wildman–Crippen LogP) is 2.35. The Kier molecular flexibility index (Phi) is 5.69. The minimum Gasteiger partial charge on any atom is -0.452 e. The number of carbonyl (C=O) groups excluding carboxylic acids is 4. The number of ether oxygens (including phenoxy) is 1. The molecule has 0 bridgehead atoms. The summed E-state index contributed by atoms with van der Waals surface area (Å²) in [5, 5.41) is 3.77. The molecule has 1 aromatic heterocycles. The number of aromatic nitrogens is 1. The van der Waals surface area contributed by atoms with Gasteiger partial charge in [-0.2, -0.15) is 5.01 Å². The fourth-order valence-electron chi connectivity index (χ4n) is 3.15. The van der Waals surface area contributed by atoms with Gasteiger partial charge in [-0.05, 0) is 30.7 Å². The van der Waals surface area contributed by atoms with E-state index in [9.17, 15) is 19.2 Å². The van der Waals surface area contributed by atoms with Gasteiger partial charge in [-0.25, -0.2) is 14.6 Å². The molecule has 32 heavy (non-hydrogen) atoms. The zero-order valence-corrected chi connectivity index (χ0v) is 17.7. The number of carbonyl (C=O) groups is 4. The molecule has 0 radical (unpaired) electrons. The van der Waals surface area contributed by atoms with Gasteiger partial charge in [-0.3, -0.25) is 15.0 Å². The molecule has 9 nitrogen and oxygen atoms in total. The molecular weight excluding hydrogens is 432 g/mol. The van der Waals surface area contributed by atoms with Crippen molar-refractivity contribution >= 4 is 51.4 Å². The van der Waals surface area contributed by atoms with Gasteiger partial charge in [0.1, 0.15) is 10.5 Å². The number of hydrogen-bond donors (Lipinski definition) is 2. The second kappa shape index (κ2) is 8.60. The number of imide groups is 1. The number of fused-ring (bicyclic) bond motifs is 1. The van der Waals surface area contributed by atoms with Crippen LogP contribution in [0.5, 0.6) is 0 Å². The van der Waals surface area contributed by atoms with Crippen LogP contribution in [0.3, 0.4) is 0 Å². The van der Waals surface area contributed by atoms with E-state index in [2.05, 4.69) is 15.7 Å². The molecule has 4 rings (SSSR count). The van der Waals surface area contributed by atoms with Gasteiger partial charge < -0.3 is 10.1 Å². The molecule has 2 N–H and O–H groups in total. The Morgan fingerprint density at radius 2 is 1.88 bits per heavy atom. The van der Waals surface area contributed by atoms with E-state index in [4.69, 9.17) is 4.74 Å². The SMILES string of the molecule is CC1(c2ccccc2)NC(=O)N(NC(=O)COC(=O)/C=C/c2nc3ccccc3s2)C1=O. The summed E-state index contributed by atoms with van der Waals surface area (Å²) < 4.78 is 5.87. The predicted molar refractivity (Wildman–Crippen MR) is 117 cm³/mol. The zero-order valence-electron chi connectivity index (χ0n) is 16.9. The fourth-order valence-corrected chi connectivity index (χ4v) is 4.02. The van der Waals surface area contributed by atoms with Crippen molar-refractivity contribution in [1.82, 2.24) is 20.7 Å². The second-order valence-corrected chi connectivity index (χ2v) is 8.12. The van der Waals surface area contributed by atoms with Crippen LogP contribution in [0.1, 0.15) is 17.5 Å². The third kappa shape index (κ3) is 4.21. The minimum atomic E-state index is -1.32. The smallest absolute Gasteiger partial charge is 0.344 e. The summed E-state index contributed by atoms with van der Waals surface area (Å²) >= 11 is 1.41. The van der Waals surface area contributed by atoms with Gasteiger partial charge in [0.15, 0.2) is 6.61 Å². The Bertz CT molecular complexity index is 1210. The fraction of sp³-hybridized carbons (Fsp3) is 0.136. The van der Waals surface area contributed by atoms with Gasteiger partial charge in [-0.15, -0.1) is 11.3 Å². The Morgan fingerprint density at radius 3 is 2.62 bits per heavy atom. The number of nitrogens with zero attached hydrogens (tertiary/aromatic N) is 2. The number of esters is 1. The molecule has 3 aromatic rings. The highest BCUT2D eigenvalue weighted by Gasteiger charge is 2.49. The van der Waals surface area contributed by atoms with Gasteiger partial charge in [0.2, 0.25) is 0 Å². The van der Waals surface area contributed by atoms with Crippen LogP contribution < -0.4 is 10.7 Å². The molecular formula is C22H18N4O5S. The van der Waals surface area contributed by atoms with Gasteiger partial charge in [0, 0.05) is 6.08 Å². The number of hydrazine groups is 1. The molecule has 4 amide bonds. The van der Waals surface area contributed by atoms with Crippen LogP contribution in [0.25, 0.3) is 16.3 Å². The number of nitrogens with one attached hydrogen (secondary N) is 2. The summed E-state index contributed by atoms with van der Waals surface area (Å²) in [5.74, 6) is -2.23. The number of urea groups is 1. The van der Waals surface area contributed by atoms with E-state index >= 15 is 0 Å². The van der Waals surface area contributed by atoms with E-state index in [0.29, 0.717) is 15.6 Å². The summed E-state index contributed by atoms with van der Waals surface area (Å²) in [6.45, 7) is 0.879. The van der Waals surface area contributed by atoms with Crippen LogP contribution in [0, 0.1) is 0 Å². The Labute approximate surface area is 186 Å². The van der Waals surface area contributed by atoms with Crippen molar-refractivity contribution in [3.63, 3.8) is 0 Å². The van der Waals surface area contributed by atoms with Gasteiger partial charge in [0.25, 0.3) is 11.8 Å². The van der Waals surface area contributed by atoms with Crippen LogP contribution in [-0.2, 0) is 24.7 Å².